The summed E-state index contributed by atoms with van der Waals surface area (Å²) in [6.07, 6.45) is 7.03. The van der Waals surface area contributed by atoms with E-state index in [0.29, 0.717) is 0 Å². The second kappa shape index (κ2) is 4.11. The number of nitrogens with zero attached hydrogens (tertiary/aromatic N) is 5. The van der Waals surface area contributed by atoms with Crippen LogP contribution in [0.1, 0.15) is 0 Å². The molecule has 0 fully saturated rings. The van der Waals surface area contributed by atoms with Gasteiger partial charge in [-0.1, -0.05) is 0 Å². The van der Waals surface area contributed by atoms with Crippen molar-refractivity contribution in [1.29, 1.82) is 0 Å². The van der Waals surface area contributed by atoms with E-state index in [-0.39, 0.29) is 0 Å². The second-order valence-corrected chi connectivity index (χ2v) is 5.66. The Morgan fingerprint density at radius 2 is 2.31 bits per heavy atom. The molecule has 0 atom stereocenters. The van der Waals surface area contributed by atoms with Crippen LogP contribution in [0, 0.1) is 0 Å². The van der Waals surface area contributed by atoms with Crippen LogP contribution in [0.3, 0.4) is 0 Å². The third kappa shape index (κ3) is 1.83. The molecule has 0 aromatic carbocycles. The highest BCUT2D eigenvalue weighted by Crippen LogP contribution is 2.30. The molecular formula is C8H4BrN5S2. The van der Waals surface area contributed by atoms with Gasteiger partial charge in [0.2, 0.25) is 0 Å². The molecule has 0 bridgehead atoms. The molecule has 3 aromatic heterocycles. The van der Waals surface area contributed by atoms with Crippen molar-refractivity contribution in [1.82, 2.24) is 23.7 Å². The Kier molecular flexibility index (Phi) is 2.62. The summed E-state index contributed by atoms with van der Waals surface area (Å²) in [7, 11) is 0. The molecule has 8 heteroatoms. The molecule has 0 amide bonds. The largest absolute Gasteiger partial charge is 0.302 e. The summed E-state index contributed by atoms with van der Waals surface area (Å²) in [6.45, 7) is 0. The lowest BCUT2D eigenvalue weighted by Crippen LogP contribution is -1.91. The van der Waals surface area contributed by atoms with Crippen LogP contribution >= 0.6 is 39.2 Å². The Labute approximate surface area is 107 Å². The molecule has 80 valence electrons. The fourth-order valence-corrected chi connectivity index (χ4v) is 3.20. The monoisotopic (exact) mass is 313 g/mol. The maximum Gasteiger partial charge on any atom is 0.176 e. The number of fused-ring (bicyclic) bond motifs is 1. The predicted molar refractivity (Wildman–Crippen MR) is 64.7 cm³/mol. The molecule has 3 aromatic rings. The highest BCUT2D eigenvalue weighted by molar-refractivity contribution is 9.10. The summed E-state index contributed by atoms with van der Waals surface area (Å²) >= 11 is 6.17. The van der Waals surface area contributed by atoms with E-state index in [1.165, 1.54) is 29.6 Å². The van der Waals surface area contributed by atoms with Gasteiger partial charge in [0.25, 0.3) is 0 Å². The van der Waals surface area contributed by atoms with E-state index in [4.69, 9.17) is 0 Å². The lowest BCUT2D eigenvalue weighted by Gasteiger charge is -2.00. The van der Waals surface area contributed by atoms with E-state index in [9.17, 15) is 0 Å². The fraction of sp³-hybridized carbons (Fsp3) is 0. The molecule has 0 aliphatic carbocycles. The zero-order chi connectivity index (χ0) is 11.0. The van der Waals surface area contributed by atoms with E-state index in [1.54, 1.807) is 6.20 Å². The Hall–Kier alpha value is -0.990. The van der Waals surface area contributed by atoms with Crippen LogP contribution in [0.2, 0.25) is 0 Å². The number of rotatable bonds is 2. The summed E-state index contributed by atoms with van der Waals surface area (Å²) in [5.74, 6) is 0. The van der Waals surface area contributed by atoms with E-state index >= 15 is 0 Å². The highest BCUT2D eigenvalue weighted by Gasteiger charge is 2.09. The average molecular weight is 314 g/mol. The Morgan fingerprint density at radius 3 is 3.12 bits per heavy atom. The molecule has 0 N–H and O–H groups in total. The first-order valence-electron chi connectivity index (χ1n) is 4.26. The number of aromatic nitrogens is 5. The maximum absolute atomic E-state index is 4.38. The van der Waals surface area contributed by atoms with E-state index < -0.39 is 0 Å². The van der Waals surface area contributed by atoms with Gasteiger partial charge in [-0.05, 0) is 39.2 Å². The Balaban J connectivity index is 2.11. The lowest BCUT2D eigenvalue weighted by atomic mass is 10.7. The van der Waals surface area contributed by atoms with Crippen molar-refractivity contribution in [2.45, 2.75) is 9.37 Å². The van der Waals surface area contributed by atoms with Crippen LogP contribution in [0.4, 0.5) is 0 Å². The maximum atomic E-state index is 4.38. The standard InChI is InChI=1S/C8H4BrN5S2/c9-5-3-14-2-1-10-6(14)7(13-5)15-8-11-4-12-16-8/h1-4H. The zero-order valence-corrected chi connectivity index (χ0v) is 11.0. The quantitative estimate of drug-likeness (QED) is 0.727. The first-order chi connectivity index (χ1) is 7.83. The van der Waals surface area contributed by atoms with Gasteiger partial charge >= 0.3 is 0 Å². The zero-order valence-electron chi connectivity index (χ0n) is 7.74. The molecule has 3 rings (SSSR count). The summed E-state index contributed by atoms with van der Waals surface area (Å²) in [5.41, 5.74) is 0.823. The average Bonchev–Trinajstić information content (AvgIpc) is 2.87. The summed E-state index contributed by atoms with van der Waals surface area (Å²) < 4.78 is 7.49. The summed E-state index contributed by atoms with van der Waals surface area (Å²) in [4.78, 5) is 12.7. The first kappa shape index (κ1) is 10.2. The number of imidazole rings is 1. The summed E-state index contributed by atoms with van der Waals surface area (Å²) in [5, 5.41) is 0.816. The van der Waals surface area contributed by atoms with Gasteiger partial charge in [0.15, 0.2) is 9.99 Å². The van der Waals surface area contributed by atoms with Crippen LogP contribution < -0.4 is 0 Å². The summed E-state index contributed by atoms with van der Waals surface area (Å²) in [6, 6.07) is 0. The topological polar surface area (TPSA) is 56.0 Å². The van der Waals surface area contributed by atoms with Gasteiger partial charge in [-0.25, -0.2) is 15.0 Å². The van der Waals surface area contributed by atoms with Crippen LogP contribution in [0.25, 0.3) is 5.65 Å². The minimum atomic E-state index is 0.769. The van der Waals surface area contributed by atoms with Gasteiger partial charge in [-0.3, -0.25) is 0 Å². The van der Waals surface area contributed by atoms with Crippen molar-refractivity contribution < 1.29 is 0 Å². The molecule has 16 heavy (non-hydrogen) atoms. The Morgan fingerprint density at radius 1 is 1.38 bits per heavy atom. The van der Waals surface area contributed by atoms with Crippen molar-refractivity contribution in [3.63, 3.8) is 0 Å². The molecule has 0 aliphatic heterocycles. The van der Waals surface area contributed by atoms with E-state index in [2.05, 4.69) is 35.3 Å². The molecule has 0 unspecified atom stereocenters. The normalized spacial score (nSPS) is 11.1. The van der Waals surface area contributed by atoms with Crippen molar-refractivity contribution in [3.05, 3.63) is 29.5 Å². The van der Waals surface area contributed by atoms with Crippen molar-refractivity contribution in [3.8, 4) is 0 Å². The Bertz CT molecular complexity index is 620. The molecule has 0 aliphatic rings. The van der Waals surface area contributed by atoms with E-state index in [0.717, 1.165) is 19.6 Å². The van der Waals surface area contributed by atoms with Crippen LogP contribution in [-0.2, 0) is 0 Å². The lowest BCUT2D eigenvalue weighted by molar-refractivity contribution is 1.01. The molecule has 5 nitrogen and oxygen atoms in total. The van der Waals surface area contributed by atoms with Gasteiger partial charge in [0.05, 0.1) is 0 Å². The first-order valence-corrected chi connectivity index (χ1v) is 6.65. The van der Waals surface area contributed by atoms with Gasteiger partial charge in [0, 0.05) is 18.6 Å². The number of halogens is 1. The SMILES string of the molecule is Brc1cn2ccnc2c(Sc2ncns2)n1. The van der Waals surface area contributed by atoms with Crippen LogP contribution in [0.5, 0.6) is 0 Å². The number of hydrogen-bond donors (Lipinski definition) is 0. The molecule has 0 spiro atoms. The van der Waals surface area contributed by atoms with E-state index in [1.807, 2.05) is 16.8 Å². The van der Waals surface area contributed by atoms with Crippen molar-refractivity contribution in [2.75, 3.05) is 0 Å². The van der Waals surface area contributed by atoms with Crippen LogP contribution in [0.15, 0.2) is 38.9 Å². The van der Waals surface area contributed by atoms with Crippen LogP contribution in [-0.4, -0.2) is 23.7 Å². The van der Waals surface area contributed by atoms with Gasteiger partial charge in [-0.15, -0.1) is 0 Å². The molecule has 0 saturated carbocycles. The molecule has 0 saturated heterocycles. The highest BCUT2D eigenvalue weighted by atomic mass is 79.9. The van der Waals surface area contributed by atoms with Gasteiger partial charge in [-0.2, -0.15) is 4.37 Å². The van der Waals surface area contributed by atoms with Gasteiger partial charge < -0.3 is 4.40 Å². The fourth-order valence-electron chi connectivity index (χ4n) is 1.23. The minimum Gasteiger partial charge on any atom is -0.302 e. The van der Waals surface area contributed by atoms with Crippen molar-refractivity contribution >= 4 is 44.9 Å². The third-order valence-corrected chi connectivity index (χ3v) is 3.90. The second-order valence-electron chi connectivity index (χ2n) is 2.84. The smallest absolute Gasteiger partial charge is 0.176 e. The third-order valence-electron chi connectivity index (χ3n) is 1.84. The molecular weight excluding hydrogens is 310 g/mol. The van der Waals surface area contributed by atoms with Gasteiger partial charge in [0.1, 0.15) is 16.0 Å². The number of hydrogen-bond acceptors (Lipinski definition) is 6. The van der Waals surface area contributed by atoms with Crippen molar-refractivity contribution in [2.24, 2.45) is 0 Å². The predicted octanol–water partition coefficient (Wildman–Crippen LogP) is 2.49. The molecule has 3 heterocycles. The minimum absolute atomic E-state index is 0.769. The molecule has 0 radical (unpaired) electrons.